The van der Waals surface area contributed by atoms with E-state index in [1.54, 1.807) is 6.92 Å². The summed E-state index contributed by atoms with van der Waals surface area (Å²) in [4.78, 5) is 12.0. The average Bonchev–Trinajstić information content (AvgIpc) is 2.31. The van der Waals surface area contributed by atoms with Crippen LogP contribution >= 0.6 is 0 Å². The van der Waals surface area contributed by atoms with E-state index < -0.39 is 24.5 Å². The van der Waals surface area contributed by atoms with Gasteiger partial charge in [0.1, 0.15) is 6.04 Å². The highest BCUT2D eigenvalue weighted by Crippen LogP contribution is 2.28. The molecule has 1 aliphatic heterocycles. The van der Waals surface area contributed by atoms with E-state index in [2.05, 4.69) is 0 Å². The molecule has 0 aromatic heterocycles. The monoisotopic (exact) mass is 193 g/mol. The Hall–Kier alpha value is -0.710. The van der Waals surface area contributed by atoms with Crippen LogP contribution in [0.15, 0.2) is 0 Å². The lowest BCUT2D eigenvalue weighted by Crippen LogP contribution is -2.40. The third-order valence-corrected chi connectivity index (χ3v) is 2.31. The summed E-state index contributed by atoms with van der Waals surface area (Å²) in [6.07, 6.45) is 0.141. The van der Waals surface area contributed by atoms with Crippen molar-refractivity contribution in [3.05, 3.63) is 0 Å². The van der Waals surface area contributed by atoms with E-state index in [-0.39, 0.29) is 13.0 Å². The Morgan fingerprint density at radius 3 is 2.62 bits per heavy atom. The highest BCUT2D eigenvalue weighted by atomic mass is 19.3. The number of alkyl halides is 2. The summed E-state index contributed by atoms with van der Waals surface area (Å²) in [7, 11) is 0. The fourth-order valence-corrected chi connectivity index (χ4v) is 1.62. The second kappa shape index (κ2) is 3.57. The predicted octanol–water partition coefficient (Wildman–Crippen LogP) is 1.19. The van der Waals surface area contributed by atoms with E-state index in [9.17, 15) is 13.6 Å². The molecule has 0 unspecified atom stereocenters. The van der Waals surface area contributed by atoms with Crippen molar-refractivity contribution in [3.63, 3.8) is 0 Å². The molecule has 1 atom stereocenters. The average molecular weight is 193 g/mol. The third kappa shape index (κ3) is 2.37. The van der Waals surface area contributed by atoms with E-state index in [1.165, 1.54) is 4.90 Å². The highest BCUT2D eigenvalue weighted by molar-refractivity contribution is 5.73. The largest absolute Gasteiger partial charge is 0.480 e. The van der Waals surface area contributed by atoms with Gasteiger partial charge in [-0.15, -0.1) is 0 Å². The third-order valence-electron chi connectivity index (χ3n) is 2.31. The SMILES string of the molecule is CC[C@H](C(=O)O)N1CCC(F)(F)C1. The van der Waals surface area contributed by atoms with Gasteiger partial charge in [-0.1, -0.05) is 6.92 Å². The molecule has 0 aliphatic carbocycles. The fraction of sp³-hybridized carbons (Fsp3) is 0.875. The molecule has 1 aliphatic rings. The van der Waals surface area contributed by atoms with Crippen LogP contribution in [0.2, 0.25) is 0 Å². The van der Waals surface area contributed by atoms with E-state index >= 15 is 0 Å². The Morgan fingerprint density at radius 2 is 2.31 bits per heavy atom. The van der Waals surface area contributed by atoms with Crippen molar-refractivity contribution in [2.75, 3.05) is 13.1 Å². The molecule has 0 spiro atoms. The molecular formula is C8H13F2NO2. The van der Waals surface area contributed by atoms with Gasteiger partial charge in [0.2, 0.25) is 0 Å². The summed E-state index contributed by atoms with van der Waals surface area (Å²) in [5.74, 6) is -3.72. The van der Waals surface area contributed by atoms with Gasteiger partial charge < -0.3 is 5.11 Å². The maximum absolute atomic E-state index is 12.7. The maximum Gasteiger partial charge on any atom is 0.320 e. The molecule has 0 bridgehead atoms. The molecule has 76 valence electrons. The minimum atomic E-state index is -2.71. The molecule has 13 heavy (non-hydrogen) atoms. The number of nitrogens with zero attached hydrogens (tertiary/aromatic N) is 1. The summed E-state index contributed by atoms with van der Waals surface area (Å²) in [6.45, 7) is 1.45. The first-order valence-corrected chi connectivity index (χ1v) is 4.31. The zero-order valence-electron chi connectivity index (χ0n) is 7.46. The van der Waals surface area contributed by atoms with Crippen LogP contribution in [0.5, 0.6) is 0 Å². The molecular weight excluding hydrogens is 180 g/mol. The smallest absolute Gasteiger partial charge is 0.320 e. The summed E-state index contributed by atoms with van der Waals surface area (Å²) in [5, 5.41) is 8.72. The number of rotatable bonds is 3. The van der Waals surface area contributed by atoms with Crippen molar-refractivity contribution in [1.29, 1.82) is 0 Å². The fourth-order valence-electron chi connectivity index (χ4n) is 1.62. The van der Waals surface area contributed by atoms with Gasteiger partial charge in [-0.05, 0) is 6.42 Å². The lowest BCUT2D eigenvalue weighted by Gasteiger charge is -2.22. The molecule has 0 saturated carbocycles. The van der Waals surface area contributed by atoms with Crippen LogP contribution in [0, 0.1) is 0 Å². The van der Waals surface area contributed by atoms with Crippen molar-refractivity contribution < 1.29 is 18.7 Å². The molecule has 5 heteroatoms. The van der Waals surface area contributed by atoms with Gasteiger partial charge >= 0.3 is 5.97 Å². The number of hydrogen-bond donors (Lipinski definition) is 1. The lowest BCUT2D eigenvalue weighted by atomic mass is 10.2. The number of hydrogen-bond acceptors (Lipinski definition) is 2. The van der Waals surface area contributed by atoms with Crippen molar-refractivity contribution in [2.24, 2.45) is 0 Å². The van der Waals surface area contributed by atoms with E-state index in [0.717, 1.165) is 0 Å². The van der Waals surface area contributed by atoms with Crippen LogP contribution in [0.4, 0.5) is 8.78 Å². The Bertz CT molecular complexity index is 208. The molecule has 0 amide bonds. The van der Waals surface area contributed by atoms with Gasteiger partial charge in [-0.3, -0.25) is 9.69 Å². The molecule has 0 aromatic carbocycles. The Balaban J connectivity index is 2.58. The van der Waals surface area contributed by atoms with Crippen molar-refractivity contribution in [1.82, 2.24) is 4.90 Å². The van der Waals surface area contributed by atoms with Gasteiger partial charge in [0, 0.05) is 13.0 Å². The van der Waals surface area contributed by atoms with Crippen LogP contribution in [0.1, 0.15) is 19.8 Å². The summed E-state index contributed by atoms with van der Waals surface area (Å²) in [5.41, 5.74) is 0. The van der Waals surface area contributed by atoms with Gasteiger partial charge in [-0.25, -0.2) is 8.78 Å². The number of carbonyl (C=O) groups is 1. The van der Waals surface area contributed by atoms with Crippen LogP contribution < -0.4 is 0 Å². The van der Waals surface area contributed by atoms with E-state index in [4.69, 9.17) is 5.11 Å². The molecule has 1 heterocycles. The van der Waals surface area contributed by atoms with Crippen LogP contribution in [0.25, 0.3) is 0 Å². The highest BCUT2D eigenvalue weighted by Gasteiger charge is 2.42. The van der Waals surface area contributed by atoms with E-state index in [0.29, 0.717) is 6.42 Å². The second-order valence-corrected chi connectivity index (χ2v) is 3.34. The molecule has 1 saturated heterocycles. The summed E-state index contributed by atoms with van der Waals surface area (Å²) < 4.78 is 25.4. The minimum absolute atomic E-state index is 0.178. The number of carboxylic acids is 1. The first kappa shape index (κ1) is 10.4. The van der Waals surface area contributed by atoms with Crippen LogP contribution in [-0.2, 0) is 4.79 Å². The number of aliphatic carboxylic acids is 1. The molecule has 0 radical (unpaired) electrons. The number of likely N-dealkylation sites (tertiary alicyclic amines) is 1. The molecule has 0 aromatic rings. The molecule has 1 rings (SSSR count). The summed E-state index contributed by atoms with van der Waals surface area (Å²) in [6, 6.07) is -0.756. The van der Waals surface area contributed by atoms with Gasteiger partial charge in [0.05, 0.1) is 6.54 Å². The van der Waals surface area contributed by atoms with E-state index in [1.807, 2.05) is 0 Å². The standard InChI is InChI=1S/C8H13F2NO2/c1-2-6(7(12)13)11-4-3-8(9,10)5-11/h6H,2-5H2,1H3,(H,12,13)/t6-/m1/s1. The Morgan fingerprint density at radius 1 is 1.69 bits per heavy atom. The predicted molar refractivity (Wildman–Crippen MR) is 42.9 cm³/mol. The second-order valence-electron chi connectivity index (χ2n) is 3.34. The minimum Gasteiger partial charge on any atom is -0.480 e. The molecule has 3 nitrogen and oxygen atoms in total. The lowest BCUT2D eigenvalue weighted by molar-refractivity contribution is -0.143. The maximum atomic E-state index is 12.7. The Labute approximate surface area is 75.3 Å². The zero-order chi connectivity index (χ0) is 10.1. The van der Waals surface area contributed by atoms with Crippen LogP contribution in [-0.4, -0.2) is 41.0 Å². The van der Waals surface area contributed by atoms with Gasteiger partial charge in [-0.2, -0.15) is 0 Å². The van der Waals surface area contributed by atoms with Gasteiger partial charge in [0.25, 0.3) is 5.92 Å². The van der Waals surface area contributed by atoms with Gasteiger partial charge in [0.15, 0.2) is 0 Å². The number of carboxylic acid groups (broad SMARTS) is 1. The first-order valence-electron chi connectivity index (χ1n) is 4.31. The normalized spacial score (nSPS) is 24.5. The van der Waals surface area contributed by atoms with Crippen molar-refractivity contribution >= 4 is 5.97 Å². The van der Waals surface area contributed by atoms with Crippen LogP contribution in [0.3, 0.4) is 0 Å². The first-order chi connectivity index (χ1) is 5.96. The topological polar surface area (TPSA) is 40.5 Å². The van der Waals surface area contributed by atoms with Crippen molar-refractivity contribution in [3.8, 4) is 0 Å². The Kier molecular flexibility index (Phi) is 2.85. The number of halogens is 2. The zero-order valence-corrected chi connectivity index (χ0v) is 7.46. The van der Waals surface area contributed by atoms with Crippen molar-refractivity contribution in [2.45, 2.75) is 31.7 Å². The molecule has 1 N–H and O–H groups in total. The quantitative estimate of drug-likeness (QED) is 0.731. The summed E-state index contributed by atoms with van der Waals surface area (Å²) >= 11 is 0. The molecule has 1 fully saturated rings.